The summed E-state index contributed by atoms with van der Waals surface area (Å²) in [6.45, 7) is 2.22. The Morgan fingerprint density at radius 1 is 1.23 bits per heavy atom. The number of thiazole rings is 1. The number of pyridine rings is 1. The van der Waals surface area contributed by atoms with Gasteiger partial charge in [0.25, 0.3) is 5.91 Å². The van der Waals surface area contributed by atoms with Crippen molar-refractivity contribution in [3.8, 4) is 10.6 Å². The molecule has 2 N–H and O–H groups in total. The quantitative estimate of drug-likeness (QED) is 0.742. The van der Waals surface area contributed by atoms with E-state index in [1.807, 2.05) is 17.5 Å². The number of anilines is 1. The van der Waals surface area contributed by atoms with Gasteiger partial charge >= 0.3 is 0 Å². The zero-order chi connectivity index (χ0) is 17.8. The number of hydrogen-bond acceptors (Lipinski definition) is 6. The lowest BCUT2D eigenvalue weighted by molar-refractivity contribution is 0.0139. The molecule has 2 unspecified atom stereocenters. The molecule has 0 saturated heterocycles. The summed E-state index contributed by atoms with van der Waals surface area (Å²) in [5, 5.41) is 9.06. The zero-order valence-corrected chi connectivity index (χ0v) is 15.6. The van der Waals surface area contributed by atoms with Gasteiger partial charge in [0.15, 0.2) is 0 Å². The van der Waals surface area contributed by atoms with Crippen molar-refractivity contribution in [3.63, 3.8) is 0 Å². The molecule has 1 amide bonds. The Labute approximate surface area is 157 Å². The van der Waals surface area contributed by atoms with Gasteiger partial charge in [-0.3, -0.25) is 4.79 Å². The second kappa shape index (κ2) is 8.14. The first kappa shape index (κ1) is 17.4. The molecule has 2 atom stereocenters. The van der Waals surface area contributed by atoms with Crippen LogP contribution in [0.15, 0.2) is 23.7 Å². The molecule has 4 rings (SSSR count). The lowest BCUT2D eigenvalue weighted by Gasteiger charge is -2.29. The molecule has 2 aromatic heterocycles. The van der Waals surface area contributed by atoms with E-state index >= 15 is 0 Å². The van der Waals surface area contributed by atoms with E-state index in [0.29, 0.717) is 30.9 Å². The van der Waals surface area contributed by atoms with Crippen LogP contribution in [0.25, 0.3) is 10.6 Å². The minimum absolute atomic E-state index is 0.123. The zero-order valence-electron chi connectivity index (χ0n) is 14.7. The van der Waals surface area contributed by atoms with Crippen molar-refractivity contribution in [1.29, 1.82) is 0 Å². The van der Waals surface area contributed by atoms with E-state index in [9.17, 15) is 4.79 Å². The Morgan fingerprint density at radius 3 is 3.15 bits per heavy atom. The number of hydrogen-bond donors (Lipinski definition) is 2. The fraction of sp³-hybridized carbons (Fsp3) is 0.526. The van der Waals surface area contributed by atoms with Crippen LogP contribution >= 0.6 is 11.3 Å². The van der Waals surface area contributed by atoms with Crippen LogP contribution in [0, 0.1) is 5.92 Å². The van der Waals surface area contributed by atoms with Crippen molar-refractivity contribution in [3.05, 3.63) is 29.4 Å². The predicted molar refractivity (Wildman–Crippen MR) is 102 cm³/mol. The van der Waals surface area contributed by atoms with Crippen LogP contribution in [0.4, 0.5) is 5.82 Å². The van der Waals surface area contributed by atoms with E-state index in [4.69, 9.17) is 4.74 Å². The van der Waals surface area contributed by atoms with Gasteiger partial charge in [0.1, 0.15) is 16.5 Å². The van der Waals surface area contributed by atoms with Crippen LogP contribution in [0.3, 0.4) is 0 Å². The molecule has 3 heterocycles. The van der Waals surface area contributed by atoms with Gasteiger partial charge in [0, 0.05) is 36.8 Å². The molecule has 2 aliphatic rings. The number of aromatic nitrogens is 2. The smallest absolute Gasteiger partial charge is 0.270 e. The van der Waals surface area contributed by atoms with Crippen molar-refractivity contribution >= 4 is 23.1 Å². The summed E-state index contributed by atoms with van der Waals surface area (Å²) in [7, 11) is 0. The summed E-state index contributed by atoms with van der Waals surface area (Å²) >= 11 is 1.48. The lowest BCUT2D eigenvalue weighted by atomic mass is 9.87. The summed E-state index contributed by atoms with van der Waals surface area (Å²) in [6, 6.07) is 3.94. The molecule has 1 aliphatic carbocycles. The third-order valence-corrected chi connectivity index (χ3v) is 5.90. The Hall–Kier alpha value is -1.99. The van der Waals surface area contributed by atoms with Gasteiger partial charge in [-0.1, -0.05) is 6.42 Å². The normalized spacial score (nSPS) is 24.2. The largest absolute Gasteiger partial charge is 0.378 e. The summed E-state index contributed by atoms with van der Waals surface area (Å²) in [5.74, 6) is 1.35. The minimum atomic E-state index is -0.123. The third-order valence-electron chi connectivity index (χ3n) is 5.01. The van der Waals surface area contributed by atoms with Gasteiger partial charge in [-0.15, -0.1) is 11.3 Å². The molecule has 7 heteroatoms. The van der Waals surface area contributed by atoms with E-state index in [0.717, 1.165) is 42.2 Å². The monoisotopic (exact) mass is 372 g/mol. The standard InChI is InChI=1S/C19H24N4O2S/c24-18-16-12-26-19(23-16)14-5-7-20-17(10-14)22-11-13-3-1-4-15(9-13)25-8-2-6-21-18/h5,7,10,12-13,15H,1-4,6,8-9,11H2,(H,20,22)(H,21,24). The Kier molecular flexibility index (Phi) is 5.45. The highest BCUT2D eigenvalue weighted by Crippen LogP contribution is 2.28. The summed E-state index contributed by atoms with van der Waals surface area (Å²) in [6.07, 6.45) is 7.63. The summed E-state index contributed by atoms with van der Waals surface area (Å²) in [5.41, 5.74) is 1.46. The molecule has 0 aromatic carbocycles. The second-order valence-electron chi connectivity index (χ2n) is 6.98. The number of amides is 1. The van der Waals surface area contributed by atoms with Crippen molar-refractivity contribution in [2.24, 2.45) is 5.92 Å². The number of nitrogens with one attached hydrogen (secondary N) is 2. The maximum Gasteiger partial charge on any atom is 0.270 e. The molecular weight excluding hydrogens is 348 g/mol. The van der Waals surface area contributed by atoms with Crippen molar-refractivity contribution in [1.82, 2.24) is 15.3 Å². The molecule has 6 bridgehead atoms. The average molecular weight is 372 g/mol. The molecule has 0 radical (unpaired) electrons. The van der Waals surface area contributed by atoms with E-state index in [1.165, 1.54) is 24.2 Å². The van der Waals surface area contributed by atoms with Gasteiger partial charge in [-0.2, -0.15) is 0 Å². The number of nitrogens with zero attached hydrogens (tertiary/aromatic N) is 2. The summed E-state index contributed by atoms with van der Waals surface area (Å²) in [4.78, 5) is 21.2. The van der Waals surface area contributed by atoms with Crippen LogP contribution in [0.2, 0.25) is 0 Å². The van der Waals surface area contributed by atoms with Gasteiger partial charge in [-0.25, -0.2) is 9.97 Å². The predicted octanol–water partition coefficient (Wildman–Crippen LogP) is 3.33. The highest BCUT2D eigenvalue weighted by atomic mass is 32.1. The molecule has 2 aromatic rings. The number of rotatable bonds is 0. The maximum atomic E-state index is 12.3. The van der Waals surface area contributed by atoms with Gasteiger partial charge < -0.3 is 15.4 Å². The molecule has 26 heavy (non-hydrogen) atoms. The van der Waals surface area contributed by atoms with Crippen LogP contribution in [0.1, 0.15) is 42.6 Å². The van der Waals surface area contributed by atoms with Gasteiger partial charge in [0.05, 0.1) is 6.10 Å². The first-order chi connectivity index (χ1) is 12.8. The van der Waals surface area contributed by atoms with Crippen molar-refractivity contribution in [2.45, 2.75) is 38.2 Å². The summed E-state index contributed by atoms with van der Waals surface area (Å²) < 4.78 is 6.04. The first-order valence-corrected chi connectivity index (χ1v) is 10.2. The van der Waals surface area contributed by atoms with Crippen LogP contribution < -0.4 is 10.6 Å². The third kappa shape index (κ3) is 4.22. The number of fused-ring (bicyclic) bond motifs is 7. The number of ether oxygens (including phenoxy) is 1. The fourth-order valence-electron chi connectivity index (χ4n) is 3.61. The maximum absolute atomic E-state index is 12.3. The molecule has 0 spiro atoms. The molecule has 1 aliphatic heterocycles. The number of carbonyl (C=O) groups excluding carboxylic acids is 1. The van der Waals surface area contributed by atoms with E-state index in [2.05, 4.69) is 20.6 Å². The van der Waals surface area contributed by atoms with Crippen LogP contribution in [-0.4, -0.2) is 41.7 Å². The van der Waals surface area contributed by atoms with Crippen molar-refractivity contribution in [2.75, 3.05) is 25.0 Å². The Morgan fingerprint density at radius 2 is 2.19 bits per heavy atom. The topological polar surface area (TPSA) is 76.1 Å². The minimum Gasteiger partial charge on any atom is -0.378 e. The highest BCUT2D eigenvalue weighted by molar-refractivity contribution is 7.13. The van der Waals surface area contributed by atoms with Gasteiger partial charge in [0.2, 0.25) is 0 Å². The van der Waals surface area contributed by atoms with Crippen LogP contribution in [0.5, 0.6) is 0 Å². The molecule has 6 nitrogen and oxygen atoms in total. The Balaban J connectivity index is 1.55. The highest BCUT2D eigenvalue weighted by Gasteiger charge is 2.22. The van der Waals surface area contributed by atoms with Crippen molar-refractivity contribution < 1.29 is 9.53 Å². The molecule has 1 saturated carbocycles. The SMILES string of the molecule is O=C1NCCCOC2CCCC(CNc3cc(ccn3)-c3nc1cs3)C2. The molecule has 1 fully saturated rings. The fourth-order valence-corrected chi connectivity index (χ4v) is 4.41. The average Bonchev–Trinajstić information content (AvgIpc) is 3.16. The van der Waals surface area contributed by atoms with Gasteiger partial charge in [-0.05, 0) is 43.7 Å². The van der Waals surface area contributed by atoms with Crippen LogP contribution in [-0.2, 0) is 4.74 Å². The van der Waals surface area contributed by atoms with E-state index < -0.39 is 0 Å². The first-order valence-electron chi connectivity index (χ1n) is 9.33. The molecular formula is C19H24N4O2S. The molecule has 138 valence electrons. The second-order valence-corrected chi connectivity index (χ2v) is 7.84. The lowest BCUT2D eigenvalue weighted by Crippen LogP contribution is -2.29. The van der Waals surface area contributed by atoms with E-state index in [1.54, 1.807) is 6.20 Å². The van der Waals surface area contributed by atoms with E-state index in [-0.39, 0.29) is 5.91 Å². The Bertz CT molecular complexity index is 764. The number of carbonyl (C=O) groups is 1.